The summed E-state index contributed by atoms with van der Waals surface area (Å²) >= 11 is 2.00. The van der Waals surface area contributed by atoms with E-state index in [2.05, 4.69) is 34.0 Å². The van der Waals surface area contributed by atoms with Crippen LogP contribution in [0.15, 0.2) is 0 Å². The SMILES string of the molecule is CC.CCC1OC(C)C(C)C(SC)C1C. The largest absolute Gasteiger partial charge is 0.375 e. The first-order valence-electron chi connectivity index (χ1n) is 6.30. The van der Waals surface area contributed by atoms with E-state index >= 15 is 0 Å². The van der Waals surface area contributed by atoms with Crippen molar-refractivity contribution in [3.8, 4) is 0 Å². The van der Waals surface area contributed by atoms with Crippen LogP contribution in [0.1, 0.15) is 48.0 Å². The number of hydrogen-bond donors (Lipinski definition) is 0. The zero-order chi connectivity index (χ0) is 12.0. The first kappa shape index (κ1) is 15.3. The van der Waals surface area contributed by atoms with Crippen molar-refractivity contribution in [3.63, 3.8) is 0 Å². The summed E-state index contributed by atoms with van der Waals surface area (Å²) in [5, 5.41) is 0.772. The van der Waals surface area contributed by atoms with Crippen LogP contribution in [0.25, 0.3) is 0 Å². The molecule has 1 heterocycles. The fourth-order valence-corrected chi connectivity index (χ4v) is 3.63. The summed E-state index contributed by atoms with van der Waals surface area (Å²) in [5.74, 6) is 1.39. The Bertz CT molecular complexity index is 161. The molecule has 0 aromatic heterocycles. The Kier molecular flexibility index (Phi) is 7.72. The van der Waals surface area contributed by atoms with Gasteiger partial charge >= 0.3 is 0 Å². The van der Waals surface area contributed by atoms with Crippen LogP contribution in [-0.2, 0) is 4.74 Å². The van der Waals surface area contributed by atoms with Crippen LogP contribution < -0.4 is 0 Å². The smallest absolute Gasteiger partial charge is 0.0612 e. The Balaban J connectivity index is 0.000000921. The quantitative estimate of drug-likeness (QED) is 0.705. The first-order chi connectivity index (χ1) is 7.11. The van der Waals surface area contributed by atoms with E-state index in [1.54, 1.807) is 0 Å². The highest BCUT2D eigenvalue weighted by molar-refractivity contribution is 7.99. The lowest BCUT2D eigenvalue weighted by molar-refractivity contribution is -0.0946. The van der Waals surface area contributed by atoms with Crippen LogP contribution in [0.5, 0.6) is 0 Å². The molecule has 5 unspecified atom stereocenters. The molecule has 0 aromatic carbocycles. The molecule has 1 saturated heterocycles. The predicted octanol–water partition coefficient (Wildman–Crippen LogP) is 4.21. The molecule has 0 saturated carbocycles. The minimum absolute atomic E-state index is 0.429. The van der Waals surface area contributed by atoms with Crippen molar-refractivity contribution in [2.45, 2.75) is 65.4 Å². The van der Waals surface area contributed by atoms with Gasteiger partial charge in [0.2, 0.25) is 0 Å². The topological polar surface area (TPSA) is 9.23 Å². The van der Waals surface area contributed by atoms with E-state index in [0.29, 0.717) is 24.0 Å². The van der Waals surface area contributed by atoms with Gasteiger partial charge in [-0.25, -0.2) is 0 Å². The van der Waals surface area contributed by atoms with E-state index in [0.717, 1.165) is 11.7 Å². The van der Waals surface area contributed by atoms with Crippen molar-refractivity contribution in [3.05, 3.63) is 0 Å². The zero-order valence-corrected chi connectivity index (χ0v) is 12.2. The van der Waals surface area contributed by atoms with Crippen molar-refractivity contribution in [1.29, 1.82) is 0 Å². The zero-order valence-electron chi connectivity index (χ0n) is 11.4. The summed E-state index contributed by atoms with van der Waals surface area (Å²) in [7, 11) is 0. The van der Waals surface area contributed by atoms with Gasteiger partial charge in [0.05, 0.1) is 12.2 Å². The third kappa shape index (κ3) is 3.67. The second-order valence-corrected chi connectivity index (χ2v) is 5.22. The molecule has 1 rings (SSSR count). The van der Waals surface area contributed by atoms with Crippen LogP contribution in [0.2, 0.25) is 0 Å². The molecule has 5 atom stereocenters. The molecule has 0 N–H and O–H groups in total. The molecule has 0 aromatic rings. The lowest BCUT2D eigenvalue weighted by atomic mass is 9.85. The second-order valence-electron chi connectivity index (χ2n) is 4.21. The van der Waals surface area contributed by atoms with Gasteiger partial charge in [-0.05, 0) is 31.4 Å². The Labute approximate surface area is 100 Å². The molecule has 1 aliphatic heterocycles. The normalized spacial score (nSPS) is 40.6. The first-order valence-corrected chi connectivity index (χ1v) is 7.58. The van der Waals surface area contributed by atoms with Gasteiger partial charge in [-0.15, -0.1) is 0 Å². The average Bonchev–Trinajstić information content (AvgIpc) is 2.27. The third-order valence-electron chi connectivity index (χ3n) is 3.43. The van der Waals surface area contributed by atoms with Gasteiger partial charge in [0.25, 0.3) is 0 Å². The molecule has 1 aliphatic rings. The Morgan fingerprint density at radius 2 is 1.60 bits per heavy atom. The Morgan fingerprint density at radius 3 is 2.00 bits per heavy atom. The van der Waals surface area contributed by atoms with E-state index in [1.165, 1.54) is 0 Å². The van der Waals surface area contributed by atoms with Crippen molar-refractivity contribution >= 4 is 11.8 Å². The van der Waals surface area contributed by atoms with Gasteiger partial charge in [-0.3, -0.25) is 0 Å². The number of rotatable bonds is 2. The molecule has 0 amide bonds. The number of ether oxygens (including phenoxy) is 1. The fraction of sp³-hybridized carbons (Fsp3) is 1.00. The lowest BCUT2D eigenvalue weighted by Crippen LogP contribution is -2.45. The van der Waals surface area contributed by atoms with Gasteiger partial charge in [-0.1, -0.05) is 34.6 Å². The summed E-state index contributed by atoms with van der Waals surface area (Å²) in [6.07, 6.45) is 4.28. The summed E-state index contributed by atoms with van der Waals surface area (Å²) in [6.45, 7) is 13.1. The predicted molar refractivity (Wildman–Crippen MR) is 71.6 cm³/mol. The fourth-order valence-electron chi connectivity index (χ4n) is 2.38. The highest BCUT2D eigenvalue weighted by Gasteiger charge is 2.37. The maximum atomic E-state index is 5.98. The van der Waals surface area contributed by atoms with Gasteiger partial charge in [0.15, 0.2) is 0 Å². The van der Waals surface area contributed by atoms with Crippen LogP contribution in [0.4, 0.5) is 0 Å². The van der Waals surface area contributed by atoms with Crippen molar-refractivity contribution < 1.29 is 4.74 Å². The van der Waals surface area contributed by atoms with Gasteiger partial charge in [0, 0.05) is 5.25 Å². The van der Waals surface area contributed by atoms with E-state index in [-0.39, 0.29) is 0 Å². The van der Waals surface area contributed by atoms with Crippen molar-refractivity contribution in [2.75, 3.05) is 6.26 Å². The molecular formula is C13H28OS. The van der Waals surface area contributed by atoms with Gasteiger partial charge < -0.3 is 4.74 Å². The average molecular weight is 232 g/mol. The van der Waals surface area contributed by atoms with E-state index in [9.17, 15) is 0 Å². The number of hydrogen-bond acceptors (Lipinski definition) is 2. The van der Waals surface area contributed by atoms with Gasteiger partial charge in [-0.2, -0.15) is 11.8 Å². The highest BCUT2D eigenvalue weighted by atomic mass is 32.2. The summed E-state index contributed by atoms with van der Waals surface area (Å²) in [4.78, 5) is 0. The minimum atomic E-state index is 0.429. The van der Waals surface area contributed by atoms with Crippen LogP contribution >= 0.6 is 11.8 Å². The Hall–Kier alpha value is 0.310. The molecule has 0 radical (unpaired) electrons. The molecule has 0 bridgehead atoms. The molecule has 0 spiro atoms. The lowest BCUT2D eigenvalue weighted by Gasteiger charge is -2.43. The minimum Gasteiger partial charge on any atom is -0.375 e. The third-order valence-corrected chi connectivity index (χ3v) is 4.83. The van der Waals surface area contributed by atoms with E-state index in [4.69, 9.17) is 4.74 Å². The van der Waals surface area contributed by atoms with E-state index < -0.39 is 0 Å². The number of thioether (sulfide) groups is 1. The van der Waals surface area contributed by atoms with Crippen molar-refractivity contribution in [1.82, 2.24) is 0 Å². The molecule has 2 heteroatoms. The Morgan fingerprint density at radius 1 is 1.07 bits per heavy atom. The molecule has 0 aliphatic carbocycles. The van der Waals surface area contributed by atoms with Crippen LogP contribution in [0, 0.1) is 11.8 Å². The maximum absolute atomic E-state index is 5.98. The monoisotopic (exact) mass is 232 g/mol. The summed E-state index contributed by atoms with van der Waals surface area (Å²) in [5.41, 5.74) is 0. The molecule has 92 valence electrons. The second kappa shape index (κ2) is 7.56. The molecule has 15 heavy (non-hydrogen) atoms. The standard InChI is InChI=1S/C11H22OS.C2H6/c1-6-10-8(3)11(13-5)7(2)9(4)12-10;1-2/h7-11H,6H2,1-5H3;1-2H3. The molecule has 1 fully saturated rings. The van der Waals surface area contributed by atoms with Crippen LogP contribution in [-0.4, -0.2) is 23.7 Å². The summed E-state index contributed by atoms with van der Waals surface area (Å²) < 4.78 is 5.98. The summed E-state index contributed by atoms with van der Waals surface area (Å²) in [6, 6.07) is 0. The maximum Gasteiger partial charge on any atom is 0.0612 e. The molecule has 1 nitrogen and oxygen atoms in total. The van der Waals surface area contributed by atoms with Crippen LogP contribution in [0.3, 0.4) is 0 Å². The molecular weight excluding hydrogens is 204 g/mol. The van der Waals surface area contributed by atoms with E-state index in [1.807, 2.05) is 25.6 Å². The van der Waals surface area contributed by atoms with Gasteiger partial charge in [0.1, 0.15) is 0 Å². The highest BCUT2D eigenvalue weighted by Crippen LogP contribution is 2.37. The van der Waals surface area contributed by atoms with Crippen molar-refractivity contribution in [2.24, 2.45) is 11.8 Å².